The van der Waals surface area contributed by atoms with E-state index in [1.54, 1.807) is 23.0 Å². The highest BCUT2D eigenvalue weighted by atomic mass is 16.1. The van der Waals surface area contributed by atoms with Crippen molar-refractivity contribution < 1.29 is 0 Å². The number of nitrogens with zero attached hydrogens (tertiary/aromatic N) is 2. The van der Waals surface area contributed by atoms with Gasteiger partial charge < -0.3 is 4.98 Å². The number of hydrogen-bond acceptors (Lipinski definition) is 2. The lowest BCUT2D eigenvalue weighted by Gasteiger charge is -2.05. The Morgan fingerprint density at radius 2 is 2.31 bits per heavy atom. The van der Waals surface area contributed by atoms with Gasteiger partial charge in [-0.3, -0.25) is 9.55 Å². The van der Waals surface area contributed by atoms with E-state index in [0.717, 1.165) is 11.0 Å². The van der Waals surface area contributed by atoms with Gasteiger partial charge in [-0.25, -0.2) is 4.79 Å². The number of aromatic nitrogens is 3. The fourth-order valence-corrected chi connectivity index (χ4v) is 1.48. The Morgan fingerprint density at radius 1 is 1.54 bits per heavy atom. The van der Waals surface area contributed by atoms with Gasteiger partial charge in [-0.2, -0.15) is 0 Å². The number of pyridine rings is 1. The standard InChI is InChI=1S/C9H11N3O/c1-6(2)12-8-5-10-4-3-7(8)11-9(12)13/h3-6H,1-2H3,(H,11,13). The highest BCUT2D eigenvalue weighted by Gasteiger charge is 2.08. The third-order valence-corrected chi connectivity index (χ3v) is 2.04. The van der Waals surface area contributed by atoms with Crippen molar-refractivity contribution in [3.63, 3.8) is 0 Å². The summed E-state index contributed by atoms with van der Waals surface area (Å²) in [6.45, 7) is 3.95. The van der Waals surface area contributed by atoms with E-state index < -0.39 is 0 Å². The molecule has 0 amide bonds. The summed E-state index contributed by atoms with van der Waals surface area (Å²) in [5.41, 5.74) is 1.63. The zero-order valence-electron chi connectivity index (χ0n) is 7.61. The van der Waals surface area contributed by atoms with Gasteiger partial charge in [0, 0.05) is 12.2 Å². The van der Waals surface area contributed by atoms with Crippen molar-refractivity contribution >= 4 is 11.0 Å². The molecule has 2 heterocycles. The molecule has 2 rings (SSSR count). The number of hydrogen-bond donors (Lipinski definition) is 1. The van der Waals surface area contributed by atoms with E-state index in [2.05, 4.69) is 9.97 Å². The minimum atomic E-state index is -0.0713. The van der Waals surface area contributed by atoms with E-state index in [9.17, 15) is 4.79 Å². The molecule has 68 valence electrons. The van der Waals surface area contributed by atoms with Gasteiger partial charge in [0.2, 0.25) is 0 Å². The van der Waals surface area contributed by atoms with E-state index >= 15 is 0 Å². The first kappa shape index (κ1) is 8.04. The molecule has 2 aromatic rings. The van der Waals surface area contributed by atoms with Crippen molar-refractivity contribution in [3.8, 4) is 0 Å². The first-order chi connectivity index (χ1) is 6.20. The van der Waals surface area contributed by atoms with Crippen molar-refractivity contribution in [2.45, 2.75) is 19.9 Å². The van der Waals surface area contributed by atoms with Crippen LogP contribution in [0.5, 0.6) is 0 Å². The van der Waals surface area contributed by atoms with Crippen LogP contribution in [0.25, 0.3) is 11.0 Å². The molecular formula is C9H11N3O. The molecule has 0 spiro atoms. The van der Waals surface area contributed by atoms with Gasteiger partial charge in [-0.15, -0.1) is 0 Å². The number of fused-ring (bicyclic) bond motifs is 1. The molecule has 0 aliphatic heterocycles. The molecule has 0 bridgehead atoms. The Morgan fingerprint density at radius 3 is 3.00 bits per heavy atom. The summed E-state index contributed by atoms with van der Waals surface area (Å²) in [7, 11) is 0. The molecule has 0 saturated carbocycles. The van der Waals surface area contributed by atoms with Gasteiger partial charge in [-0.1, -0.05) is 0 Å². The van der Waals surface area contributed by atoms with Crippen LogP contribution in [0, 0.1) is 0 Å². The largest absolute Gasteiger partial charge is 0.326 e. The lowest BCUT2D eigenvalue weighted by Crippen LogP contribution is -2.18. The van der Waals surface area contributed by atoms with Crippen LogP contribution in [-0.4, -0.2) is 14.5 Å². The number of nitrogens with one attached hydrogen (secondary N) is 1. The predicted molar refractivity (Wildman–Crippen MR) is 50.7 cm³/mol. The third-order valence-electron chi connectivity index (χ3n) is 2.04. The molecule has 1 N–H and O–H groups in total. The number of aromatic amines is 1. The molecule has 0 saturated heterocycles. The Balaban J connectivity index is 2.87. The SMILES string of the molecule is CC(C)n1c(=O)[nH]c2ccncc21. The van der Waals surface area contributed by atoms with Gasteiger partial charge in [0.05, 0.1) is 17.2 Å². The molecule has 0 atom stereocenters. The summed E-state index contributed by atoms with van der Waals surface area (Å²) in [5.74, 6) is 0. The number of imidazole rings is 1. The van der Waals surface area contributed by atoms with E-state index in [-0.39, 0.29) is 11.7 Å². The van der Waals surface area contributed by atoms with Crippen LogP contribution in [0.3, 0.4) is 0 Å². The first-order valence-corrected chi connectivity index (χ1v) is 4.24. The molecule has 4 heteroatoms. The van der Waals surface area contributed by atoms with Crippen LogP contribution in [0.15, 0.2) is 23.3 Å². The van der Waals surface area contributed by atoms with Gasteiger partial charge in [-0.05, 0) is 19.9 Å². The highest BCUT2D eigenvalue weighted by Crippen LogP contribution is 2.11. The van der Waals surface area contributed by atoms with Crippen LogP contribution in [0.4, 0.5) is 0 Å². The van der Waals surface area contributed by atoms with Gasteiger partial charge in [0.15, 0.2) is 0 Å². The monoisotopic (exact) mass is 177 g/mol. The van der Waals surface area contributed by atoms with Crippen molar-refractivity contribution in [1.29, 1.82) is 0 Å². The predicted octanol–water partition coefficient (Wildman–Crippen LogP) is 1.31. The summed E-state index contributed by atoms with van der Waals surface area (Å²) < 4.78 is 1.70. The molecule has 0 aliphatic rings. The van der Waals surface area contributed by atoms with E-state index in [4.69, 9.17) is 0 Å². The molecule has 13 heavy (non-hydrogen) atoms. The minimum absolute atomic E-state index is 0.0713. The first-order valence-electron chi connectivity index (χ1n) is 4.24. The van der Waals surface area contributed by atoms with Crippen LogP contribution in [-0.2, 0) is 0 Å². The molecule has 0 unspecified atom stereocenters. The normalized spacial score (nSPS) is 11.3. The topological polar surface area (TPSA) is 50.7 Å². The van der Waals surface area contributed by atoms with Gasteiger partial charge in [0.1, 0.15) is 0 Å². The quantitative estimate of drug-likeness (QED) is 0.713. The molecule has 0 fully saturated rings. The fraction of sp³-hybridized carbons (Fsp3) is 0.333. The second kappa shape index (κ2) is 2.73. The summed E-state index contributed by atoms with van der Waals surface area (Å²) in [5, 5.41) is 0. The Bertz CT molecular complexity index is 481. The van der Waals surface area contributed by atoms with Crippen LogP contribution in [0.1, 0.15) is 19.9 Å². The maximum absolute atomic E-state index is 11.5. The van der Waals surface area contributed by atoms with Crippen molar-refractivity contribution in [2.75, 3.05) is 0 Å². The maximum Gasteiger partial charge on any atom is 0.326 e. The Labute approximate surface area is 75.2 Å². The summed E-state index contributed by atoms with van der Waals surface area (Å²) >= 11 is 0. The van der Waals surface area contributed by atoms with Crippen LogP contribution in [0.2, 0.25) is 0 Å². The minimum Gasteiger partial charge on any atom is -0.305 e. The average Bonchev–Trinajstić information content (AvgIpc) is 2.39. The maximum atomic E-state index is 11.5. The van der Waals surface area contributed by atoms with Crippen LogP contribution < -0.4 is 5.69 Å². The lowest BCUT2D eigenvalue weighted by atomic mass is 10.3. The molecule has 4 nitrogen and oxygen atoms in total. The lowest BCUT2D eigenvalue weighted by molar-refractivity contribution is 0.597. The van der Waals surface area contributed by atoms with Gasteiger partial charge in [0.25, 0.3) is 0 Å². The second-order valence-electron chi connectivity index (χ2n) is 3.29. The van der Waals surface area contributed by atoms with Gasteiger partial charge >= 0.3 is 5.69 Å². The van der Waals surface area contributed by atoms with E-state index in [1.807, 2.05) is 13.8 Å². The molecule has 0 aromatic carbocycles. The Kier molecular flexibility index (Phi) is 1.69. The average molecular weight is 177 g/mol. The van der Waals surface area contributed by atoms with Crippen LogP contribution >= 0.6 is 0 Å². The third kappa shape index (κ3) is 1.14. The summed E-state index contributed by atoms with van der Waals surface area (Å²) in [6, 6.07) is 1.96. The number of rotatable bonds is 1. The van der Waals surface area contributed by atoms with E-state index in [1.165, 1.54) is 0 Å². The molecule has 2 aromatic heterocycles. The summed E-state index contributed by atoms with van der Waals surface area (Å²) in [4.78, 5) is 18.2. The zero-order valence-corrected chi connectivity index (χ0v) is 7.61. The molecular weight excluding hydrogens is 166 g/mol. The fourth-order valence-electron chi connectivity index (χ4n) is 1.48. The smallest absolute Gasteiger partial charge is 0.305 e. The Hall–Kier alpha value is -1.58. The second-order valence-corrected chi connectivity index (χ2v) is 3.29. The summed E-state index contributed by atoms with van der Waals surface area (Å²) in [6.07, 6.45) is 3.37. The van der Waals surface area contributed by atoms with Crippen molar-refractivity contribution in [1.82, 2.24) is 14.5 Å². The molecule has 0 aliphatic carbocycles. The highest BCUT2D eigenvalue weighted by molar-refractivity contribution is 5.73. The number of H-pyrrole nitrogens is 1. The van der Waals surface area contributed by atoms with Crippen molar-refractivity contribution in [2.24, 2.45) is 0 Å². The van der Waals surface area contributed by atoms with Crippen molar-refractivity contribution in [3.05, 3.63) is 28.9 Å². The zero-order chi connectivity index (χ0) is 9.42. The van der Waals surface area contributed by atoms with E-state index in [0.29, 0.717) is 0 Å². The molecule has 0 radical (unpaired) electrons.